The Balaban J connectivity index is 2.52. The van der Waals surface area contributed by atoms with Crippen molar-refractivity contribution in [3.63, 3.8) is 0 Å². The Kier molecular flexibility index (Phi) is 3.72. The summed E-state index contributed by atoms with van der Waals surface area (Å²) in [6.45, 7) is 9.91. The monoisotopic (exact) mass is 240 g/mol. The third-order valence-corrected chi connectivity index (χ3v) is 4.23. The Morgan fingerprint density at radius 3 is 2.50 bits per heavy atom. The lowest BCUT2D eigenvalue weighted by atomic mass is 9.89. The molecule has 1 aliphatic rings. The minimum absolute atomic E-state index is 0.524. The van der Waals surface area contributed by atoms with E-state index in [0.717, 1.165) is 6.54 Å². The first-order chi connectivity index (χ1) is 8.57. The van der Waals surface area contributed by atoms with Crippen molar-refractivity contribution >= 4 is 5.57 Å². The second kappa shape index (κ2) is 5.11. The van der Waals surface area contributed by atoms with Gasteiger partial charge in [-0.3, -0.25) is 0 Å². The molecule has 0 heterocycles. The molecule has 0 aliphatic heterocycles. The average Bonchev–Trinajstić information content (AvgIpc) is 2.56. The second-order valence-electron chi connectivity index (χ2n) is 5.16. The lowest BCUT2D eigenvalue weighted by Crippen LogP contribution is -2.09. The van der Waals surface area contributed by atoms with Crippen LogP contribution in [0, 0.1) is 12.0 Å². The number of hydrogen-bond donors (Lipinski definition) is 1. The fourth-order valence-electron chi connectivity index (χ4n) is 2.85. The molecule has 0 saturated carbocycles. The van der Waals surface area contributed by atoms with Gasteiger partial charge in [0.25, 0.3) is 0 Å². The van der Waals surface area contributed by atoms with Gasteiger partial charge in [-0.05, 0) is 61.7 Å². The third-order valence-electron chi connectivity index (χ3n) is 4.23. The van der Waals surface area contributed by atoms with E-state index in [1.165, 1.54) is 33.4 Å². The second-order valence-corrected chi connectivity index (χ2v) is 5.16. The van der Waals surface area contributed by atoms with Crippen LogP contribution in [-0.4, -0.2) is 7.05 Å². The molecule has 1 aliphatic carbocycles. The van der Waals surface area contributed by atoms with E-state index in [-0.39, 0.29) is 0 Å². The number of benzene rings is 1. The first-order valence-electron chi connectivity index (χ1n) is 6.61. The van der Waals surface area contributed by atoms with E-state index in [9.17, 15) is 0 Å². The molecule has 0 saturated heterocycles. The molecule has 1 atom stereocenters. The predicted molar refractivity (Wildman–Crippen MR) is 78.2 cm³/mol. The van der Waals surface area contributed by atoms with Crippen molar-refractivity contribution in [2.24, 2.45) is 5.92 Å². The minimum Gasteiger partial charge on any atom is -0.316 e. The van der Waals surface area contributed by atoms with Crippen molar-refractivity contribution in [3.8, 4) is 0 Å². The maximum absolute atomic E-state index is 3.37. The fraction of sp³-hybridized carbons (Fsp3) is 0.412. The molecule has 1 N–H and O–H groups in total. The molecule has 18 heavy (non-hydrogen) atoms. The van der Waals surface area contributed by atoms with Crippen molar-refractivity contribution in [1.82, 2.24) is 5.32 Å². The smallest absolute Gasteiger partial charge is 0.0214 e. The summed E-state index contributed by atoms with van der Waals surface area (Å²) in [5.41, 5.74) is 8.50. The predicted octanol–water partition coefficient (Wildman–Crippen LogP) is 3.97. The molecule has 0 aromatic heterocycles. The Morgan fingerprint density at radius 2 is 1.94 bits per heavy atom. The zero-order valence-corrected chi connectivity index (χ0v) is 12.0. The number of allylic oxidation sites excluding steroid dienone is 4. The van der Waals surface area contributed by atoms with Gasteiger partial charge in [0.05, 0.1) is 0 Å². The van der Waals surface area contributed by atoms with E-state index in [1.807, 2.05) is 13.1 Å². The largest absolute Gasteiger partial charge is 0.316 e. The number of rotatable bonds is 3. The van der Waals surface area contributed by atoms with E-state index in [4.69, 9.17) is 0 Å². The highest BCUT2D eigenvalue weighted by molar-refractivity contribution is 5.81. The lowest BCUT2D eigenvalue weighted by molar-refractivity contribution is 0.809. The Hall–Kier alpha value is -1.34. The van der Waals surface area contributed by atoms with Crippen molar-refractivity contribution in [1.29, 1.82) is 0 Å². The first kappa shape index (κ1) is 13.1. The average molecular weight is 240 g/mol. The highest BCUT2D eigenvalue weighted by Crippen LogP contribution is 2.43. The quantitative estimate of drug-likeness (QED) is 0.843. The van der Waals surface area contributed by atoms with Crippen LogP contribution in [0.15, 0.2) is 34.9 Å². The molecular formula is C17H22N. The van der Waals surface area contributed by atoms with Crippen LogP contribution in [-0.2, 0) is 6.54 Å². The molecule has 1 aromatic carbocycles. The molecule has 1 unspecified atom stereocenters. The van der Waals surface area contributed by atoms with Crippen LogP contribution in [0.1, 0.15) is 38.8 Å². The van der Waals surface area contributed by atoms with Crippen LogP contribution in [0.25, 0.3) is 5.57 Å². The van der Waals surface area contributed by atoms with Gasteiger partial charge >= 0.3 is 0 Å². The van der Waals surface area contributed by atoms with Gasteiger partial charge in [0.2, 0.25) is 0 Å². The summed E-state index contributed by atoms with van der Waals surface area (Å²) in [7, 11) is 1.98. The van der Waals surface area contributed by atoms with Crippen LogP contribution < -0.4 is 5.32 Å². The molecule has 0 amide bonds. The molecule has 95 valence electrons. The molecule has 2 rings (SSSR count). The van der Waals surface area contributed by atoms with E-state index in [1.54, 1.807) is 0 Å². The number of hydrogen-bond acceptors (Lipinski definition) is 1. The summed E-state index contributed by atoms with van der Waals surface area (Å²) in [6, 6.07) is 9.68. The van der Waals surface area contributed by atoms with Crippen LogP contribution in [0.5, 0.6) is 0 Å². The van der Waals surface area contributed by atoms with Crippen molar-refractivity contribution in [2.75, 3.05) is 7.05 Å². The van der Waals surface area contributed by atoms with Gasteiger partial charge in [-0.25, -0.2) is 0 Å². The maximum Gasteiger partial charge on any atom is 0.0214 e. The highest BCUT2D eigenvalue weighted by Gasteiger charge is 2.25. The summed E-state index contributed by atoms with van der Waals surface area (Å²) < 4.78 is 0. The first-order valence-corrected chi connectivity index (χ1v) is 6.61. The standard InChI is InChI=1S/C17H22N/c1-11-12(2)14(4)17(13(11)3)16-9-7-6-8-15(16)10-18-5/h6-7,9,13,18H,10H2,1-5H3. The van der Waals surface area contributed by atoms with Gasteiger partial charge in [0, 0.05) is 12.5 Å². The summed E-state index contributed by atoms with van der Waals surface area (Å²) in [5, 5.41) is 3.23. The molecule has 0 bridgehead atoms. The van der Waals surface area contributed by atoms with Crippen LogP contribution in [0.3, 0.4) is 0 Å². The van der Waals surface area contributed by atoms with Gasteiger partial charge in [-0.15, -0.1) is 0 Å². The molecule has 1 aromatic rings. The molecule has 1 nitrogen and oxygen atoms in total. The van der Waals surface area contributed by atoms with Crippen molar-refractivity contribution in [3.05, 3.63) is 52.1 Å². The molecule has 1 heteroatoms. The van der Waals surface area contributed by atoms with Crippen LogP contribution in [0.2, 0.25) is 0 Å². The summed E-state index contributed by atoms with van der Waals surface area (Å²) in [6.07, 6.45) is 0. The Labute approximate surface area is 111 Å². The van der Waals surface area contributed by atoms with Gasteiger partial charge in [-0.1, -0.05) is 30.7 Å². The van der Waals surface area contributed by atoms with Gasteiger partial charge in [0.15, 0.2) is 0 Å². The summed E-state index contributed by atoms with van der Waals surface area (Å²) in [5.74, 6) is 0.524. The normalized spacial score (nSPS) is 19.9. The highest BCUT2D eigenvalue weighted by atomic mass is 14.8. The van der Waals surface area contributed by atoms with E-state index in [2.05, 4.69) is 51.2 Å². The summed E-state index contributed by atoms with van der Waals surface area (Å²) in [4.78, 5) is 0. The molecule has 0 fully saturated rings. The van der Waals surface area contributed by atoms with Gasteiger partial charge in [0.1, 0.15) is 0 Å². The zero-order valence-electron chi connectivity index (χ0n) is 12.0. The van der Waals surface area contributed by atoms with Crippen LogP contribution in [0.4, 0.5) is 0 Å². The van der Waals surface area contributed by atoms with Gasteiger partial charge in [-0.2, -0.15) is 0 Å². The van der Waals surface area contributed by atoms with Crippen molar-refractivity contribution in [2.45, 2.75) is 34.2 Å². The lowest BCUT2D eigenvalue weighted by Gasteiger charge is -2.16. The number of nitrogens with one attached hydrogen (secondary N) is 1. The molecule has 0 spiro atoms. The molecule has 1 radical (unpaired) electrons. The Bertz CT molecular complexity index is 520. The third kappa shape index (κ3) is 2.04. The van der Waals surface area contributed by atoms with Gasteiger partial charge < -0.3 is 5.32 Å². The van der Waals surface area contributed by atoms with E-state index >= 15 is 0 Å². The Morgan fingerprint density at radius 1 is 1.22 bits per heavy atom. The topological polar surface area (TPSA) is 12.0 Å². The minimum atomic E-state index is 0.524. The van der Waals surface area contributed by atoms with E-state index in [0.29, 0.717) is 5.92 Å². The molecular weight excluding hydrogens is 218 g/mol. The zero-order chi connectivity index (χ0) is 13.3. The summed E-state index contributed by atoms with van der Waals surface area (Å²) >= 11 is 0. The van der Waals surface area contributed by atoms with E-state index < -0.39 is 0 Å². The van der Waals surface area contributed by atoms with Crippen molar-refractivity contribution < 1.29 is 0 Å². The maximum atomic E-state index is 3.37. The fourth-order valence-corrected chi connectivity index (χ4v) is 2.85. The SMILES string of the molecule is CNCc1[c]cccc1C1=C(C)C(C)=C(C)C1C. The van der Waals surface area contributed by atoms with Crippen LogP contribution >= 0.6 is 0 Å².